The summed E-state index contributed by atoms with van der Waals surface area (Å²) in [5.41, 5.74) is -1.93. The zero-order valence-electron chi connectivity index (χ0n) is 11.8. The Balaban J connectivity index is 2.38. The van der Waals surface area contributed by atoms with Gasteiger partial charge >= 0.3 is 0 Å². The highest BCUT2D eigenvalue weighted by molar-refractivity contribution is 7.86. The molecule has 118 valence electrons. The maximum Gasteiger partial charge on any atom is 0.264 e. The van der Waals surface area contributed by atoms with Crippen LogP contribution < -0.4 is 0 Å². The molecule has 0 radical (unpaired) electrons. The van der Waals surface area contributed by atoms with Gasteiger partial charge in [0.2, 0.25) is 0 Å². The van der Waals surface area contributed by atoms with E-state index in [4.69, 9.17) is 18.4 Å². The lowest BCUT2D eigenvalue weighted by molar-refractivity contribution is -0.217. The van der Waals surface area contributed by atoms with Gasteiger partial charge < -0.3 is 24.4 Å². The number of hydrogen-bond acceptors (Lipinski definition) is 8. The van der Waals surface area contributed by atoms with Crippen molar-refractivity contribution in [2.75, 3.05) is 20.0 Å². The van der Waals surface area contributed by atoms with Crippen molar-refractivity contribution < 1.29 is 37.0 Å². The minimum absolute atomic E-state index is 0.737. The predicted octanol–water partition coefficient (Wildman–Crippen LogP) is -1.40. The van der Waals surface area contributed by atoms with Crippen LogP contribution in [0.4, 0.5) is 0 Å². The van der Waals surface area contributed by atoms with E-state index in [9.17, 15) is 18.6 Å². The Labute approximate surface area is 117 Å². The van der Waals surface area contributed by atoms with Gasteiger partial charge in [-0.05, 0) is 13.8 Å². The van der Waals surface area contributed by atoms with Crippen molar-refractivity contribution in [2.45, 2.75) is 49.7 Å². The first kappa shape index (κ1) is 16.1. The summed E-state index contributed by atoms with van der Waals surface area (Å²) in [5, 5.41) is 20.1. The lowest BCUT2D eigenvalue weighted by atomic mass is 9.98. The van der Waals surface area contributed by atoms with Crippen LogP contribution in [-0.2, 0) is 28.5 Å². The van der Waals surface area contributed by atoms with Crippen molar-refractivity contribution in [1.82, 2.24) is 0 Å². The summed E-state index contributed by atoms with van der Waals surface area (Å²) in [7, 11) is -2.51. The summed E-state index contributed by atoms with van der Waals surface area (Å²) in [4.78, 5) is 0. The van der Waals surface area contributed by atoms with Gasteiger partial charge in [-0.15, -0.1) is 0 Å². The van der Waals surface area contributed by atoms with Crippen LogP contribution in [0, 0.1) is 0 Å². The molecule has 0 aromatic rings. The Morgan fingerprint density at radius 2 is 1.90 bits per heavy atom. The van der Waals surface area contributed by atoms with Crippen LogP contribution in [0.5, 0.6) is 0 Å². The van der Waals surface area contributed by atoms with Crippen LogP contribution >= 0.6 is 0 Å². The van der Waals surface area contributed by atoms with Gasteiger partial charge in [0.05, 0.1) is 12.9 Å². The van der Waals surface area contributed by atoms with Crippen molar-refractivity contribution in [1.29, 1.82) is 0 Å². The summed E-state index contributed by atoms with van der Waals surface area (Å²) in [6, 6.07) is 0. The van der Waals surface area contributed by atoms with E-state index in [1.165, 1.54) is 7.11 Å². The molecule has 0 amide bonds. The van der Waals surface area contributed by atoms with Crippen LogP contribution in [0.3, 0.4) is 0 Å². The van der Waals surface area contributed by atoms with Gasteiger partial charge in [0, 0.05) is 7.11 Å². The normalized spacial score (nSPS) is 43.7. The van der Waals surface area contributed by atoms with E-state index in [2.05, 4.69) is 0 Å². The number of aliphatic hydroxyl groups excluding tert-OH is 1. The molecule has 2 aliphatic rings. The molecule has 1 saturated heterocycles. The lowest BCUT2D eigenvalue weighted by Gasteiger charge is -2.33. The zero-order chi connectivity index (χ0) is 15.3. The van der Waals surface area contributed by atoms with E-state index < -0.39 is 52.5 Å². The zero-order valence-corrected chi connectivity index (χ0v) is 12.6. The van der Waals surface area contributed by atoms with Gasteiger partial charge in [0.25, 0.3) is 10.1 Å². The Morgan fingerprint density at radius 3 is 2.35 bits per heavy atom. The Hall–Kier alpha value is -0.290. The average molecular weight is 312 g/mol. The standard InChI is InChI=1S/C11H20O8S/c1-10(2)17-7-6(16-3)9(19-20(4,14)15)11(13,5-12)8(7)18-10/h6-9,12-13H,5H2,1-4H3/t6-,7-,8-,9-,11+/m1/s1. The van der Waals surface area contributed by atoms with E-state index in [0.29, 0.717) is 0 Å². The molecule has 2 rings (SSSR count). The molecule has 8 nitrogen and oxygen atoms in total. The Kier molecular flexibility index (Phi) is 3.92. The Morgan fingerprint density at radius 1 is 1.30 bits per heavy atom. The smallest absolute Gasteiger partial charge is 0.264 e. The molecule has 20 heavy (non-hydrogen) atoms. The highest BCUT2D eigenvalue weighted by Gasteiger charge is 2.68. The minimum Gasteiger partial charge on any atom is -0.393 e. The first-order chi connectivity index (χ1) is 9.04. The second kappa shape index (κ2) is 4.87. The molecule has 1 aliphatic heterocycles. The summed E-state index contributed by atoms with van der Waals surface area (Å²) in [6.07, 6.45) is -3.01. The first-order valence-corrected chi connectivity index (χ1v) is 7.95. The topological polar surface area (TPSA) is 112 Å². The number of aliphatic hydroxyl groups is 2. The molecule has 9 heteroatoms. The molecule has 2 fully saturated rings. The highest BCUT2D eigenvalue weighted by Crippen LogP contribution is 2.46. The molecule has 2 N–H and O–H groups in total. The van der Waals surface area contributed by atoms with E-state index in [-0.39, 0.29) is 0 Å². The maximum absolute atomic E-state index is 11.3. The van der Waals surface area contributed by atoms with Gasteiger partial charge in [-0.3, -0.25) is 4.18 Å². The van der Waals surface area contributed by atoms with Gasteiger partial charge in [0.1, 0.15) is 30.0 Å². The third kappa shape index (κ3) is 2.59. The molecule has 0 aromatic heterocycles. The SMILES string of the molecule is CO[C@@H]1[C@H]2OC(C)(C)O[C@H]2[C@@](O)(CO)[C@@H]1OS(C)(=O)=O. The summed E-state index contributed by atoms with van der Waals surface area (Å²) in [5.74, 6) is -0.967. The summed E-state index contributed by atoms with van der Waals surface area (Å²) in [6.45, 7) is 2.57. The first-order valence-electron chi connectivity index (χ1n) is 6.14. The van der Waals surface area contributed by atoms with Gasteiger partial charge in [-0.25, -0.2) is 0 Å². The predicted molar refractivity (Wildman–Crippen MR) is 66.4 cm³/mol. The van der Waals surface area contributed by atoms with Gasteiger partial charge in [0.15, 0.2) is 5.79 Å². The molecule has 0 unspecified atom stereocenters. The van der Waals surface area contributed by atoms with Crippen LogP contribution in [0.2, 0.25) is 0 Å². The van der Waals surface area contributed by atoms with E-state index in [1.807, 2.05) is 0 Å². The fourth-order valence-corrected chi connectivity index (χ4v) is 3.45. The second-order valence-electron chi connectivity index (χ2n) is 5.59. The van der Waals surface area contributed by atoms with Crippen LogP contribution in [0.15, 0.2) is 0 Å². The third-order valence-electron chi connectivity index (χ3n) is 3.54. The number of rotatable bonds is 4. The fraction of sp³-hybridized carbons (Fsp3) is 1.00. The van der Waals surface area contributed by atoms with Crippen molar-refractivity contribution in [3.8, 4) is 0 Å². The summed E-state index contributed by atoms with van der Waals surface area (Å²) >= 11 is 0. The van der Waals surface area contributed by atoms with Crippen LogP contribution in [0.1, 0.15) is 13.8 Å². The third-order valence-corrected chi connectivity index (χ3v) is 4.10. The quantitative estimate of drug-likeness (QED) is 0.610. The second-order valence-corrected chi connectivity index (χ2v) is 7.19. The van der Waals surface area contributed by atoms with E-state index >= 15 is 0 Å². The van der Waals surface area contributed by atoms with Gasteiger partial charge in [-0.2, -0.15) is 8.42 Å². The lowest BCUT2D eigenvalue weighted by Crippen LogP contribution is -2.54. The number of hydrogen-bond donors (Lipinski definition) is 2. The molecule has 0 spiro atoms. The highest BCUT2D eigenvalue weighted by atomic mass is 32.2. The number of methoxy groups -OCH3 is 1. The molecular weight excluding hydrogens is 292 g/mol. The monoisotopic (exact) mass is 312 g/mol. The minimum atomic E-state index is -3.85. The van der Waals surface area contributed by atoms with E-state index in [1.54, 1.807) is 13.8 Å². The van der Waals surface area contributed by atoms with Crippen LogP contribution in [-0.4, -0.2) is 74.4 Å². The Bertz CT molecular complexity index is 475. The molecule has 1 saturated carbocycles. The van der Waals surface area contributed by atoms with Crippen molar-refractivity contribution in [3.05, 3.63) is 0 Å². The van der Waals surface area contributed by atoms with Crippen LogP contribution in [0.25, 0.3) is 0 Å². The number of fused-ring (bicyclic) bond motifs is 1. The van der Waals surface area contributed by atoms with Crippen molar-refractivity contribution in [3.63, 3.8) is 0 Å². The fourth-order valence-electron chi connectivity index (χ4n) is 2.80. The van der Waals surface area contributed by atoms with Gasteiger partial charge in [-0.1, -0.05) is 0 Å². The molecule has 0 bridgehead atoms. The van der Waals surface area contributed by atoms with Crippen molar-refractivity contribution in [2.24, 2.45) is 0 Å². The van der Waals surface area contributed by atoms with Crippen molar-refractivity contribution >= 4 is 10.1 Å². The van der Waals surface area contributed by atoms with E-state index in [0.717, 1.165) is 6.26 Å². The molecule has 1 aliphatic carbocycles. The average Bonchev–Trinajstić information content (AvgIpc) is 2.71. The maximum atomic E-state index is 11.3. The molecule has 5 atom stereocenters. The summed E-state index contributed by atoms with van der Waals surface area (Å²) < 4.78 is 44.0. The number of ether oxygens (including phenoxy) is 3. The molecule has 0 aromatic carbocycles. The molecule has 1 heterocycles. The largest absolute Gasteiger partial charge is 0.393 e. The molecular formula is C11H20O8S.